The molecule has 1 N–H and O–H groups in total. The van der Waals surface area contributed by atoms with Gasteiger partial charge in [-0.2, -0.15) is 0 Å². The summed E-state index contributed by atoms with van der Waals surface area (Å²) in [6.07, 6.45) is 4.13. The highest BCUT2D eigenvalue weighted by Crippen LogP contribution is 2.33. The van der Waals surface area contributed by atoms with Crippen LogP contribution in [-0.4, -0.2) is 21.9 Å². The maximum Gasteiger partial charge on any atom is 0.252 e. The zero-order valence-electron chi connectivity index (χ0n) is 15.3. The van der Waals surface area contributed by atoms with Gasteiger partial charge in [0.15, 0.2) is 5.03 Å². The van der Waals surface area contributed by atoms with Gasteiger partial charge in [0.25, 0.3) is 11.8 Å². The van der Waals surface area contributed by atoms with Gasteiger partial charge in [0.05, 0.1) is 0 Å². The number of nitrogens with zero attached hydrogens (tertiary/aromatic N) is 2. The highest BCUT2D eigenvalue weighted by Gasteiger charge is 2.12. The summed E-state index contributed by atoms with van der Waals surface area (Å²) in [7, 11) is 0. The van der Waals surface area contributed by atoms with E-state index in [1.54, 1.807) is 36.7 Å². The van der Waals surface area contributed by atoms with Crippen LogP contribution in [-0.2, 0) is 0 Å². The highest BCUT2D eigenvalue weighted by molar-refractivity contribution is 7.99. The molecule has 138 valence electrons. The first-order chi connectivity index (χ1) is 13.2. The fourth-order valence-corrected chi connectivity index (χ4v) is 3.06. The smallest absolute Gasteiger partial charge is 0.252 e. The van der Waals surface area contributed by atoms with Crippen LogP contribution in [0.25, 0.3) is 0 Å². The van der Waals surface area contributed by atoms with Gasteiger partial charge in [-0.05, 0) is 49.7 Å². The second-order valence-corrected chi connectivity index (χ2v) is 7.05. The molecule has 0 spiro atoms. The number of carbonyl (C=O) groups excluding carboxylic acids is 1. The Bertz CT molecular complexity index is 885. The Morgan fingerprint density at radius 2 is 1.78 bits per heavy atom. The second-order valence-electron chi connectivity index (χ2n) is 5.99. The SMILES string of the molecule is CC[C@H](C)NC(=O)c1ccc(Oc2nccnc2Sc2ccccc2)cc1. The number of rotatable bonds is 7. The predicted octanol–water partition coefficient (Wildman–Crippen LogP) is 4.95. The average molecular weight is 379 g/mol. The fourth-order valence-electron chi connectivity index (χ4n) is 2.25. The molecule has 0 aliphatic carbocycles. The number of amides is 1. The third-order valence-corrected chi connectivity index (χ3v) is 4.89. The zero-order chi connectivity index (χ0) is 19.1. The average Bonchev–Trinajstić information content (AvgIpc) is 2.70. The molecule has 0 aliphatic heterocycles. The summed E-state index contributed by atoms with van der Waals surface area (Å²) in [5.74, 6) is 0.949. The van der Waals surface area contributed by atoms with Gasteiger partial charge in [-0.3, -0.25) is 4.79 Å². The van der Waals surface area contributed by atoms with Crippen molar-refractivity contribution in [3.63, 3.8) is 0 Å². The van der Waals surface area contributed by atoms with Crippen LogP contribution >= 0.6 is 11.8 Å². The number of hydrogen-bond acceptors (Lipinski definition) is 5. The number of benzene rings is 2. The van der Waals surface area contributed by atoms with Crippen LogP contribution in [0.3, 0.4) is 0 Å². The van der Waals surface area contributed by atoms with Crippen LogP contribution < -0.4 is 10.1 Å². The summed E-state index contributed by atoms with van der Waals surface area (Å²) in [6.45, 7) is 4.02. The molecule has 0 bridgehead atoms. The summed E-state index contributed by atoms with van der Waals surface area (Å²) < 4.78 is 5.89. The number of ether oxygens (including phenoxy) is 1. The standard InChI is InChI=1S/C21H21N3O2S/c1-3-15(2)24-19(25)16-9-11-17(12-10-16)26-20-21(23-14-13-22-20)27-18-7-5-4-6-8-18/h4-15H,3H2,1-2H3,(H,24,25)/t15-/m0/s1. The van der Waals surface area contributed by atoms with Gasteiger partial charge >= 0.3 is 0 Å². The van der Waals surface area contributed by atoms with E-state index in [-0.39, 0.29) is 11.9 Å². The minimum Gasteiger partial charge on any atom is -0.437 e. The number of hydrogen-bond donors (Lipinski definition) is 1. The van der Waals surface area contributed by atoms with Gasteiger partial charge in [-0.15, -0.1) is 0 Å². The van der Waals surface area contributed by atoms with E-state index < -0.39 is 0 Å². The molecular weight excluding hydrogens is 358 g/mol. The Kier molecular flexibility index (Phi) is 6.44. The Morgan fingerprint density at radius 1 is 1.07 bits per heavy atom. The van der Waals surface area contributed by atoms with E-state index in [0.717, 1.165) is 11.3 Å². The molecule has 0 saturated carbocycles. The third-order valence-electron chi connectivity index (χ3n) is 3.91. The second kappa shape index (κ2) is 9.19. The molecule has 0 aliphatic rings. The quantitative estimate of drug-likeness (QED) is 0.629. The van der Waals surface area contributed by atoms with E-state index >= 15 is 0 Å². The van der Waals surface area contributed by atoms with Crippen molar-refractivity contribution in [3.8, 4) is 11.6 Å². The van der Waals surface area contributed by atoms with Crippen LogP contribution in [0.2, 0.25) is 0 Å². The summed E-state index contributed by atoms with van der Waals surface area (Å²) >= 11 is 1.49. The molecule has 3 aromatic rings. The molecular formula is C21H21N3O2S. The lowest BCUT2D eigenvalue weighted by Gasteiger charge is -2.12. The Balaban J connectivity index is 1.71. The molecule has 1 aromatic heterocycles. The largest absolute Gasteiger partial charge is 0.437 e. The van der Waals surface area contributed by atoms with E-state index in [1.807, 2.05) is 44.2 Å². The van der Waals surface area contributed by atoms with Gasteiger partial charge in [-0.25, -0.2) is 9.97 Å². The molecule has 1 atom stereocenters. The lowest BCUT2D eigenvalue weighted by atomic mass is 10.2. The lowest BCUT2D eigenvalue weighted by molar-refractivity contribution is 0.0939. The molecule has 0 radical (unpaired) electrons. The van der Waals surface area contributed by atoms with Gasteiger partial charge in [0, 0.05) is 28.9 Å². The van der Waals surface area contributed by atoms with Crippen LogP contribution in [0.4, 0.5) is 0 Å². The Labute approximate surface area is 163 Å². The van der Waals surface area contributed by atoms with Gasteiger partial charge < -0.3 is 10.1 Å². The predicted molar refractivity (Wildman–Crippen MR) is 106 cm³/mol. The van der Waals surface area contributed by atoms with Crippen molar-refractivity contribution in [2.24, 2.45) is 0 Å². The third kappa shape index (κ3) is 5.31. The summed E-state index contributed by atoms with van der Waals surface area (Å²) in [5, 5.41) is 3.63. The molecule has 6 heteroatoms. The van der Waals surface area contributed by atoms with Crippen molar-refractivity contribution in [2.75, 3.05) is 0 Å². The van der Waals surface area contributed by atoms with Crippen LogP contribution in [0.15, 0.2) is 76.9 Å². The molecule has 0 saturated heterocycles. The summed E-state index contributed by atoms with van der Waals surface area (Å²) in [4.78, 5) is 21.9. The van der Waals surface area contributed by atoms with Crippen LogP contribution in [0, 0.1) is 0 Å². The number of aromatic nitrogens is 2. The van der Waals surface area contributed by atoms with E-state index in [9.17, 15) is 4.79 Å². The molecule has 27 heavy (non-hydrogen) atoms. The van der Waals surface area contributed by atoms with Crippen molar-refractivity contribution in [2.45, 2.75) is 36.2 Å². The molecule has 1 amide bonds. The zero-order valence-corrected chi connectivity index (χ0v) is 16.1. The van der Waals surface area contributed by atoms with E-state index in [4.69, 9.17) is 4.74 Å². The summed E-state index contributed by atoms with van der Waals surface area (Å²) in [5.41, 5.74) is 0.598. The minimum absolute atomic E-state index is 0.0873. The normalized spacial score (nSPS) is 11.6. The molecule has 0 fully saturated rings. The van der Waals surface area contributed by atoms with E-state index in [2.05, 4.69) is 15.3 Å². The van der Waals surface area contributed by atoms with Crippen molar-refractivity contribution in [1.29, 1.82) is 0 Å². The topological polar surface area (TPSA) is 64.1 Å². The molecule has 5 nitrogen and oxygen atoms in total. The van der Waals surface area contributed by atoms with Gasteiger partial charge in [0.2, 0.25) is 0 Å². The van der Waals surface area contributed by atoms with Crippen molar-refractivity contribution in [1.82, 2.24) is 15.3 Å². The maximum atomic E-state index is 12.2. The minimum atomic E-state index is -0.0873. The van der Waals surface area contributed by atoms with E-state index in [0.29, 0.717) is 22.2 Å². The highest BCUT2D eigenvalue weighted by atomic mass is 32.2. The molecule has 2 aromatic carbocycles. The van der Waals surface area contributed by atoms with Crippen molar-refractivity contribution < 1.29 is 9.53 Å². The van der Waals surface area contributed by atoms with Crippen molar-refractivity contribution in [3.05, 3.63) is 72.6 Å². The van der Waals surface area contributed by atoms with Crippen molar-refractivity contribution >= 4 is 17.7 Å². The number of carbonyl (C=O) groups is 1. The lowest BCUT2D eigenvalue weighted by Crippen LogP contribution is -2.31. The fraction of sp³-hybridized carbons (Fsp3) is 0.190. The first kappa shape index (κ1) is 18.9. The maximum absolute atomic E-state index is 12.2. The van der Waals surface area contributed by atoms with E-state index in [1.165, 1.54) is 11.8 Å². The van der Waals surface area contributed by atoms with Gasteiger partial charge in [-0.1, -0.05) is 36.9 Å². The molecule has 3 rings (SSSR count). The summed E-state index contributed by atoms with van der Waals surface area (Å²) in [6, 6.07) is 17.1. The monoisotopic (exact) mass is 379 g/mol. The first-order valence-electron chi connectivity index (χ1n) is 8.78. The first-order valence-corrected chi connectivity index (χ1v) is 9.60. The Hall–Kier alpha value is -2.86. The van der Waals surface area contributed by atoms with Gasteiger partial charge in [0.1, 0.15) is 5.75 Å². The molecule has 0 unspecified atom stereocenters. The number of nitrogens with one attached hydrogen (secondary N) is 1. The molecule has 1 heterocycles. The van der Waals surface area contributed by atoms with Crippen LogP contribution in [0.5, 0.6) is 11.6 Å². The van der Waals surface area contributed by atoms with Crippen LogP contribution in [0.1, 0.15) is 30.6 Å². The Morgan fingerprint density at radius 3 is 2.48 bits per heavy atom.